The summed E-state index contributed by atoms with van der Waals surface area (Å²) in [5, 5.41) is 2.87. The van der Waals surface area contributed by atoms with Gasteiger partial charge in [0.05, 0.1) is 12.1 Å². The van der Waals surface area contributed by atoms with Gasteiger partial charge in [0.25, 0.3) is 0 Å². The number of nitrogens with one attached hydrogen (secondary N) is 1. The molecule has 7 heteroatoms. The van der Waals surface area contributed by atoms with E-state index in [1.807, 2.05) is 20.8 Å². The van der Waals surface area contributed by atoms with Crippen molar-refractivity contribution in [3.63, 3.8) is 0 Å². The van der Waals surface area contributed by atoms with Crippen LogP contribution in [0.1, 0.15) is 86.0 Å². The van der Waals surface area contributed by atoms with Gasteiger partial charge in [0, 0.05) is 12.0 Å². The van der Waals surface area contributed by atoms with E-state index in [-0.39, 0.29) is 28.1 Å². The smallest absolute Gasteiger partial charge is 0.243 e. The van der Waals surface area contributed by atoms with Crippen LogP contribution in [0.15, 0.2) is 0 Å². The molecule has 0 radical (unpaired) electrons. The Morgan fingerprint density at radius 2 is 1.76 bits per heavy atom. The maximum atomic E-state index is 13.6. The Hall–Kier alpha value is -1.76. The first kappa shape index (κ1) is 24.4. The Morgan fingerprint density at radius 1 is 1.12 bits per heavy atom. The summed E-state index contributed by atoms with van der Waals surface area (Å²) >= 11 is 0. The minimum atomic E-state index is -0.810. The average Bonchev–Trinajstić information content (AvgIpc) is 2.94. The van der Waals surface area contributed by atoms with Crippen LogP contribution in [0.3, 0.4) is 0 Å². The molecule has 0 aromatic rings. The topological polar surface area (TPSA) is 110 Å². The molecule has 4 atom stereocenters. The quantitative estimate of drug-likeness (QED) is 0.449. The molecule has 3 saturated carbocycles. The molecular weight excluding hydrogens is 418 g/mol. The molecule has 4 rings (SSSR count). The highest BCUT2D eigenvalue weighted by molar-refractivity contribution is 6.28. The number of aldehydes is 1. The monoisotopic (exact) mass is 459 g/mol. The van der Waals surface area contributed by atoms with Gasteiger partial charge in [0.15, 0.2) is 6.29 Å². The van der Waals surface area contributed by atoms with Gasteiger partial charge >= 0.3 is 0 Å². The fourth-order valence-corrected chi connectivity index (χ4v) is 7.27. The summed E-state index contributed by atoms with van der Waals surface area (Å²) in [5.74, 6) is -0.747. The molecular formula is C26H41N3O4. The van der Waals surface area contributed by atoms with Crippen LogP contribution in [0.25, 0.3) is 0 Å². The summed E-state index contributed by atoms with van der Waals surface area (Å²) < 4.78 is 0. The Kier molecular flexibility index (Phi) is 5.83. The van der Waals surface area contributed by atoms with Crippen molar-refractivity contribution >= 4 is 23.9 Å². The average molecular weight is 460 g/mol. The van der Waals surface area contributed by atoms with Gasteiger partial charge in [-0.15, -0.1) is 0 Å². The molecule has 3 N–H and O–H groups in total. The number of fused-ring (bicyclic) bond motifs is 1. The van der Waals surface area contributed by atoms with E-state index >= 15 is 0 Å². The van der Waals surface area contributed by atoms with E-state index in [0.29, 0.717) is 31.6 Å². The van der Waals surface area contributed by atoms with Crippen LogP contribution in [0, 0.1) is 27.6 Å². The van der Waals surface area contributed by atoms with Crippen molar-refractivity contribution in [1.82, 2.24) is 10.2 Å². The Balaban J connectivity index is 1.59. The number of amides is 2. The second-order valence-corrected chi connectivity index (χ2v) is 12.8. The molecule has 2 spiro atoms. The number of ketones is 1. The van der Waals surface area contributed by atoms with Gasteiger partial charge in [-0.05, 0) is 47.8 Å². The van der Waals surface area contributed by atoms with E-state index < -0.39 is 29.3 Å². The largest absolute Gasteiger partial charge is 0.344 e. The van der Waals surface area contributed by atoms with Gasteiger partial charge in [-0.2, -0.15) is 0 Å². The van der Waals surface area contributed by atoms with E-state index in [1.54, 1.807) is 4.90 Å². The van der Waals surface area contributed by atoms with Gasteiger partial charge in [0.2, 0.25) is 17.6 Å². The zero-order valence-corrected chi connectivity index (χ0v) is 20.9. The molecule has 4 aliphatic rings. The molecule has 1 aliphatic heterocycles. The SMILES string of the molecule is CC(C)(C)[C@@H](N)C(=O)N1CC2(C[C@H]1C(=O)NC(CC1CCC1)C(=O)C=O)C(C)(C)C21CCC1. The molecule has 0 aromatic carbocycles. The third-order valence-electron chi connectivity index (χ3n) is 10.2. The first-order valence-electron chi connectivity index (χ1n) is 12.7. The molecule has 0 aromatic heterocycles. The zero-order chi connectivity index (χ0) is 24.4. The Bertz CT molecular complexity index is 852. The van der Waals surface area contributed by atoms with Crippen LogP contribution >= 0.6 is 0 Å². The lowest BCUT2D eigenvalue weighted by molar-refractivity contribution is -0.142. The lowest BCUT2D eigenvalue weighted by Crippen LogP contribution is -2.56. The van der Waals surface area contributed by atoms with E-state index in [0.717, 1.165) is 32.1 Å². The highest BCUT2D eigenvalue weighted by Gasteiger charge is 2.85. The van der Waals surface area contributed by atoms with Gasteiger partial charge in [-0.25, -0.2) is 0 Å². The summed E-state index contributed by atoms with van der Waals surface area (Å²) in [6.45, 7) is 10.9. The molecule has 7 nitrogen and oxygen atoms in total. The van der Waals surface area contributed by atoms with E-state index in [9.17, 15) is 19.2 Å². The number of hydrogen-bond acceptors (Lipinski definition) is 5. The fraction of sp³-hybridized carbons (Fsp3) is 0.846. The highest BCUT2D eigenvalue weighted by atomic mass is 16.2. The Morgan fingerprint density at radius 3 is 2.18 bits per heavy atom. The summed E-state index contributed by atoms with van der Waals surface area (Å²) in [4.78, 5) is 52.4. The van der Waals surface area contributed by atoms with Crippen LogP contribution in [-0.4, -0.2) is 53.5 Å². The van der Waals surface area contributed by atoms with Crippen molar-refractivity contribution in [3.8, 4) is 0 Å². The summed E-state index contributed by atoms with van der Waals surface area (Å²) in [5.41, 5.74) is 6.09. The second-order valence-electron chi connectivity index (χ2n) is 12.8. The first-order chi connectivity index (χ1) is 15.3. The molecule has 1 heterocycles. The predicted octanol–water partition coefficient (Wildman–Crippen LogP) is 2.60. The van der Waals surface area contributed by atoms with Crippen LogP contribution in [0.5, 0.6) is 0 Å². The maximum absolute atomic E-state index is 13.6. The summed E-state index contributed by atoms with van der Waals surface area (Å²) in [6.07, 6.45) is 8.02. The van der Waals surface area contributed by atoms with Crippen LogP contribution in [0.2, 0.25) is 0 Å². The lowest BCUT2D eigenvalue weighted by Gasteiger charge is -2.34. The Labute approximate surface area is 197 Å². The van der Waals surface area contributed by atoms with Crippen molar-refractivity contribution < 1.29 is 19.2 Å². The zero-order valence-electron chi connectivity index (χ0n) is 20.9. The predicted molar refractivity (Wildman–Crippen MR) is 125 cm³/mol. The van der Waals surface area contributed by atoms with Gasteiger partial charge in [-0.1, -0.05) is 60.3 Å². The normalized spacial score (nSPS) is 31.5. The number of nitrogens with zero attached hydrogens (tertiary/aromatic N) is 1. The van der Waals surface area contributed by atoms with Crippen molar-refractivity contribution in [2.24, 2.45) is 33.3 Å². The number of nitrogens with two attached hydrogens (primary N) is 1. The minimum Gasteiger partial charge on any atom is -0.344 e. The third kappa shape index (κ3) is 3.48. The molecule has 184 valence electrons. The van der Waals surface area contributed by atoms with Gasteiger partial charge in [0.1, 0.15) is 6.04 Å². The van der Waals surface area contributed by atoms with Crippen molar-refractivity contribution in [2.45, 2.75) is 104 Å². The number of carbonyl (C=O) groups is 4. The molecule has 33 heavy (non-hydrogen) atoms. The maximum Gasteiger partial charge on any atom is 0.243 e. The third-order valence-corrected chi connectivity index (χ3v) is 10.2. The molecule has 2 unspecified atom stereocenters. The molecule has 3 aliphatic carbocycles. The van der Waals surface area contributed by atoms with Gasteiger partial charge < -0.3 is 16.0 Å². The second kappa shape index (κ2) is 7.89. The lowest BCUT2D eigenvalue weighted by atomic mass is 9.73. The number of likely N-dealkylation sites (tertiary alicyclic amines) is 1. The standard InChI is InChI=1S/C26H41N3O4/c1-23(2,3)20(27)22(33)29-15-26(24(4,5)25(26)10-7-11-25)13-18(29)21(32)28-17(19(31)14-30)12-16-8-6-9-16/h14,16-18,20H,6-13,15,27H2,1-5H3,(H,28,32)/t17?,18-,20-,26?/m0/s1. The minimum absolute atomic E-state index is 0.0571. The summed E-state index contributed by atoms with van der Waals surface area (Å²) in [7, 11) is 0. The summed E-state index contributed by atoms with van der Waals surface area (Å²) in [6, 6.07) is -2.19. The van der Waals surface area contributed by atoms with Gasteiger partial charge in [-0.3, -0.25) is 19.2 Å². The van der Waals surface area contributed by atoms with E-state index in [1.165, 1.54) is 6.42 Å². The van der Waals surface area contributed by atoms with Crippen molar-refractivity contribution in [3.05, 3.63) is 0 Å². The molecule has 4 fully saturated rings. The highest BCUT2D eigenvalue weighted by Crippen LogP contribution is 2.88. The van der Waals surface area contributed by atoms with E-state index in [2.05, 4.69) is 19.2 Å². The van der Waals surface area contributed by atoms with Crippen LogP contribution in [-0.2, 0) is 19.2 Å². The first-order valence-corrected chi connectivity index (χ1v) is 12.7. The fourth-order valence-electron chi connectivity index (χ4n) is 7.27. The number of carbonyl (C=O) groups excluding carboxylic acids is 4. The van der Waals surface area contributed by atoms with Crippen LogP contribution in [0.4, 0.5) is 0 Å². The van der Waals surface area contributed by atoms with Crippen LogP contribution < -0.4 is 11.1 Å². The van der Waals surface area contributed by atoms with Crippen molar-refractivity contribution in [2.75, 3.05) is 6.54 Å². The number of rotatable bonds is 7. The molecule has 1 saturated heterocycles. The number of hydrogen-bond donors (Lipinski definition) is 2. The van der Waals surface area contributed by atoms with E-state index in [4.69, 9.17) is 5.73 Å². The number of Topliss-reactive ketones (excluding diaryl/α,β-unsaturated/α-hetero) is 1. The van der Waals surface area contributed by atoms with Crippen molar-refractivity contribution in [1.29, 1.82) is 0 Å². The molecule has 2 amide bonds. The molecule has 0 bridgehead atoms.